The number of piperidine rings is 1. The molecule has 0 aromatic carbocycles. The number of nitrogens with zero attached hydrogens (tertiary/aromatic N) is 3. The van der Waals surface area contributed by atoms with E-state index in [1.807, 2.05) is 4.90 Å². The van der Waals surface area contributed by atoms with E-state index < -0.39 is 0 Å². The van der Waals surface area contributed by atoms with Gasteiger partial charge in [-0.3, -0.25) is 19.3 Å². The highest BCUT2D eigenvalue weighted by molar-refractivity contribution is 5.77. The number of fused-ring (bicyclic) bond motifs is 1. The molecule has 0 aromatic rings. The molecule has 8 nitrogen and oxygen atoms in total. The van der Waals surface area contributed by atoms with Crippen molar-refractivity contribution in [2.24, 2.45) is 11.3 Å². The van der Waals surface area contributed by atoms with Crippen LogP contribution in [0.15, 0.2) is 23.7 Å². The summed E-state index contributed by atoms with van der Waals surface area (Å²) >= 11 is 0. The fourth-order valence-electron chi connectivity index (χ4n) is 5.80. The summed E-state index contributed by atoms with van der Waals surface area (Å²) in [4.78, 5) is 35.8. The molecule has 0 radical (unpaired) electrons. The van der Waals surface area contributed by atoms with Crippen LogP contribution in [-0.2, 0) is 23.9 Å². The maximum absolute atomic E-state index is 13.2. The second kappa shape index (κ2) is 11.8. The number of allylic oxidation sites excluding steroid dienone is 2. The van der Waals surface area contributed by atoms with Gasteiger partial charge in [-0.25, -0.2) is 5.06 Å². The van der Waals surface area contributed by atoms with Crippen LogP contribution in [0.3, 0.4) is 0 Å². The lowest BCUT2D eigenvalue weighted by Gasteiger charge is -2.34. The van der Waals surface area contributed by atoms with E-state index >= 15 is 0 Å². The summed E-state index contributed by atoms with van der Waals surface area (Å²) in [6.45, 7) is 10.7. The Morgan fingerprint density at radius 2 is 2.06 bits per heavy atom. The molecule has 3 atom stereocenters. The minimum absolute atomic E-state index is 0.0295. The monoisotopic (exact) mass is 489 g/mol. The van der Waals surface area contributed by atoms with Crippen LogP contribution in [0.4, 0.5) is 0 Å². The highest BCUT2D eigenvalue weighted by Crippen LogP contribution is 2.46. The van der Waals surface area contributed by atoms with Crippen LogP contribution >= 0.6 is 0 Å². The highest BCUT2D eigenvalue weighted by atomic mass is 16.7. The molecule has 3 aliphatic heterocycles. The number of hydroxylamine groups is 2. The van der Waals surface area contributed by atoms with Crippen molar-refractivity contribution in [3.8, 4) is 0 Å². The zero-order valence-electron chi connectivity index (χ0n) is 21.8. The minimum atomic E-state index is -0.0503. The first kappa shape index (κ1) is 26.0. The van der Waals surface area contributed by atoms with E-state index in [2.05, 4.69) is 37.8 Å². The van der Waals surface area contributed by atoms with Gasteiger partial charge in [0.05, 0.1) is 13.2 Å². The van der Waals surface area contributed by atoms with Crippen LogP contribution in [0.25, 0.3) is 0 Å². The molecule has 0 N–H and O–H groups in total. The van der Waals surface area contributed by atoms with Gasteiger partial charge in [-0.05, 0) is 68.4 Å². The number of likely N-dealkylation sites (tertiary alicyclic amines) is 2. The average Bonchev–Trinajstić information content (AvgIpc) is 3.48. The van der Waals surface area contributed by atoms with E-state index in [1.165, 1.54) is 0 Å². The number of carbonyl (C=O) groups is 2. The average molecular weight is 490 g/mol. The third-order valence-corrected chi connectivity index (χ3v) is 7.97. The topological polar surface area (TPSA) is 71.6 Å². The van der Waals surface area contributed by atoms with Crippen molar-refractivity contribution in [3.05, 3.63) is 23.7 Å². The molecule has 1 aliphatic carbocycles. The van der Waals surface area contributed by atoms with Gasteiger partial charge in [-0.1, -0.05) is 20.8 Å². The summed E-state index contributed by atoms with van der Waals surface area (Å²) in [6.07, 6.45) is 11.7. The Morgan fingerprint density at radius 3 is 2.83 bits per heavy atom. The number of amides is 2. The van der Waals surface area contributed by atoms with Crippen molar-refractivity contribution in [1.29, 1.82) is 0 Å². The lowest BCUT2D eigenvalue weighted by molar-refractivity contribution is -0.188. The molecule has 8 heteroatoms. The smallest absolute Gasteiger partial charge is 0.260 e. The van der Waals surface area contributed by atoms with Gasteiger partial charge in [0.1, 0.15) is 0 Å². The van der Waals surface area contributed by atoms with Gasteiger partial charge in [0.15, 0.2) is 11.5 Å². The molecular weight excluding hydrogens is 446 g/mol. The maximum Gasteiger partial charge on any atom is 0.260 e. The van der Waals surface area contributed by atoms with Crippen LogP contribution in [0.2, 0.25) is 0 Å². The second-order valence-corrected chi connectivity index (χ2v) is 10.7. The van der Waals surface area contributed by atoms with Crippen LogP contribution in [0, 0.1) is 11.3 Å². The van der Waals surface area contributed by atoms with Crippen LogP contribution in [0.5, 0.6) is 0 Å². The summed E-state index contributed by atoms with van der Waals surface area (Å²) in [5.74, 6) is 2.40. The van der Waals surface area contributed by atoms with Crippen molar-refractivity contribution in [1.82, 2.24) is 14.9 Å². The highest BCUT2D eigenvalue weighted by Gasteiger charge is 2.44. The molecule has 0 spiro atoms. The third-order valence-electron chi connectivity index (χ3n) is 7.97. The van der Waals surface area contributed by atoms with Crippen molar-refractivity contribution in [2.45, 2.75) is 78.2 Å². The predicted molar refractivity (Wildman–Crippen MR) is 133 cm³/mol. The fourth-order valence-corrected chi connectivity index (χ4v) is 5.80. The number of ether oxygens (including phenoxy) is 2. The van der Waals surface area contributed by atoms with Gasteiger partial charge in [-0.2, -0.15) is 0 Å². The van der Waals surface area contributed by atoms with E-state index in [1.54, 1.807) is 5.06 Å². The lowest BCUT2D eigenvalue weighted by atomic mass is 9.71. The van der Waals surface area contributed by atoms with Gasteiger partial charge < -0.3 is 14.4 Å². The third kappa shape index (κ3) is 6.20. The van der Waals surface area contributed by atoms with Gasteiger partial charge >= 0.3 is 0 Å². The molecule has 3 fully saturated rings. The van der Waals surface area contributed by atoms with Crippen molar-refractivity contribution in [3.63, 3.8) is 0 Å². The Hall–Kier alpha value is -2.06. The Labute approximate surface area is 210 Å². The molecule has 2 amide bonds. The van der Waals surface area contributed by atoms with Gasteiger partial charge in [0, 0.05) is 38.6 Å². The molecule has 4 aliphatic rings. The van der Waals surface area contributed by atoms with Gasteiger partial charge in [-0.15, -0.1) is 0 Å². The summed E-state index contributed by atoms with van der Waals surface area (Å²) in [5.41, 5.74) is -0.0503. The number of carbonyl (C=O) groups excluding carboxylic acids is 2. The van der Waals surface area contributed by atoms with Gasteiger partial charge in [0.25, 0.3) is 5.91 Å². The van der Waals surface area contributed by atoms with E-state index in [9.17, 15) is 9.59 Å². The summed E-state index contributed by atoms with van der Waals surface area (Å²) in [6, 6.07) is 0.259. The fraction of sp³-hybridized carbons (Fsp3) is 0.778. The summed E-state index contributed by atoms with van der Waals surface area (Å²) in [7, 11) is 0. The standard InChI is InChI=1S/C27H43N3O5/c1-4-12-30(35-15-5-2)26(32)19-29-18-21(27(3)11-9-23-24(17-27)34-20-33-23)16-22(29)10-14-28-13-7-6-8-25(28)31/h9,17,21-22H,4-8,10-16,18-20H2,1-3H3/t21-,22+,27-/m1/s1. The van der Waals surface area contributed by atoms with Crippen molar-refractivity contribution >= 4 is 11.8 Å². The van der Waals surface area contributed by atoms with E-state index in [0.29, 0.717) is 32.0 Å². The molecule has 3 heterocycles. The largest absolute Gasteiger partial charge is 0.454 e. The quantitative estimate of drug-likeness (QED) is 0.411. The van der Waals surface area contributed by atoms with E-state index in [4.69, 9.17) is 14.3 Å². The van der Waals surface area contributed by atoms with E-state index in [-0.39, 0.29) is 30.1 Å². The SMILES string of the molecule is CCCON(CCC)C(=O)CN1C[C@H]([C@@]2(C)C=C3OCOC3=CC2)C[C@@H]1CCN1CCCCC1=O. The Balaban J connectivity index is 1.45. The Kier molecular flexibility index (Phi) is 8.76. The van der Waals surface area contributed by atoms with Crippen LogP contribution in [0.1, 0.15) is 72.1 Å². The van der Waals surface area contributed by atoms with Crippen LogP contribution < -0.4 is 0 Å². The molecule has 0 unspecified atom stereocenters. The first-order valence-corrected chi connectivity index (χ1v) is 13.6. The molecule has 0 aromatic heterocycles. The predicted octanol–water partition coefficient (Wildman–Crippen LogP) is 3.84. The molecular formula is C27H43N3O5. The molecule has 196 valence electrons. The first-order chi connectivity index (χ1) is 16.9. The van der Waals surface area contributed by atoms with Crippen molar-refractivity contribution < 1.29 is 23.9 Å². The lowest BCUT2D eigenvalue weighted by Crippen LogP contribution is -2.44. The normalized spacial score (nSPS) is 28.8. The molecule has 0 bridgehead atoms. The summed E-state index contributed by atoms with van der Waals surface area (Å²) < 4.78 is 11.3. The minimum Gasteiger partial charge on any atom is -0.454 e. The Bertz CT molecular complexity index is 828. The number of hydrogen-bond acceptors (Lipinski definition) is 6. The summed E-state index contributed by atoms with van der Waals surface area (Å²) in [5, 5.41) is 1.56. The van der Waals surface area contributed by atoms with E-state index in [0.717, 1.165) is 76.1 Å². The molecule has 0 saturated carbocycles. The number of hydrogen-bond donors (Lipinski definition) is 0. The first-order valence-electron chi connectivity index (χ1n) is 13.6. The zero-order chi connectivity index (χ0) is 24.8. The molecule has 3 saturated heterocycles. The zero-order valence-corrected chi connectivity index (χ0v) is 21.8. The second-order valence-electron chi connectivity index (χ2n) is 10.7. The Morgan fingerprint density at radius 1 is 1.23 bits per heavy atom. The number of rotatable bonds is 11. The van der Waals surface area contributed by atoms with Gasteiger partial charge in [0.2, 0.25) is 12.7 Å². The maximum atomic E-state index is 13.2. The van der Waals surface area contributed by atoms with Crippen molar-refractivity contribution in [2.75, 3.05) is 46.1 Å². The van der Waals surface area contributed by atoms with Crippen LogP contribution in [-0.4, -0.2) is 78.8 Å². The molecule has 4 rings (SSSR count). The molecule has 35 heavy (non-hydrogen) atoms.